The number of rotatable bonds is 41. The predicted molar refractivity (Wildman–Crippen MR) is 299 cm³/mol. The van der Waals surface area contributed by atoms with E-state index in [1.807, 2.05) is 0 Å². The maximum Gasteiger partial charge on any atom is 0.460 e. The molecule has 128 heavy (non-hydrogen) atoms. The Labute approximate surface area is 669 Å². The maximum atomic E-state index is 16.2. The zero-order valence-corrected chi connectivity index (χ0v) is 61.8. The number of hydrogen-bond acceptors (Lipinski definition) is 2. The summed E-state index contributed by atoms with van der Waals surface area (Å²) >= 11 is 0. The molecule has 0 radical (unpaired) electrons. The van der Waals surface area contributed by atoms with Crippen LogP contribution in [0.1, 0.15) is 107 Å². The smallest absolute Gasteiger partial charge is 0.352 e. The van der Waals surface area contributed by atoms with E-state index in [1.165, 1.54) is 0 Å². The summed E-state index contributed by atoms with van der Waals surface area (Å²) in [6, 6.07) is -18.5. The predicted octanol–water partition coefficient (Wildman–Crippen LogP) is 26.6. The third kappa shape index (κ3) is 16.9. The van der Waals surface area contributed by atoms with Crippen molar-refractivity contribution in [2.24, 2.45) is 5.92 Å². The average Bonchev–Trinajstić information content (AvgIpc) is 0.691. The summed E-state index contributed by atoms with van der Waals surface area (Å²) in [6.07, 6.45) is -40.3. The van der Waals surface area contributed by atoms with Crippen LogP contribution in [0.2, 0.25) is 18.1 Å². The summed E-state index contributed by atoms with van der Waals surface area (Å²) < 4.78 is 917. The lowest BCUT2D eigenvalue weighted by molar-refractivity contribution is -0.474. The number of nitrogens with one attached hydrogen (secondary N) is 1. The number of hydrogen-bond donors (Lipinski definition) is 1. The minimum Gasteiger partial charge on any atom is -0.352 e. The first-order valence-electron chi connectivity index (χ1n) is 33.8. The Bertz CT molecular complexity index is 3660. The third-order valence-corrected chi connectivity index (χ3v) is 25.8. The Kier molecular flexibility index (Phi) is 30.7. The standard InChI is InChI=1S/C60H47F63N2O2Si/c1-2-20-125(28(24-9-5-3-6-10-24)29(126)124-26-11-7-4-8-12-26)30(127)25-13-15-27(16-14-25)128(21-17-31(61,62)34(67,68)37(73,74)40(79,80)43(85,86)46(91,92)49(97,98)52(103,104)55(109,110)58(115,116)117,22-18-32(63,64)35(69,70)38(75,76)41(81,82)44(87,88)47(93,94)50(99,100)53(105,106)56(111,112)59(118,119)120)23-19-33(65,66)36(71,72)39(77,78)42(83,84)45(89,90)48(95,96)51(101,102)54(107,108)57(113,114)60(121,122)123/h13-16,24,26,28H,2-12,17-23H2,1H3,(H,124,126). The first-order valence-corrected chi connectivity index (χ1v) is 36.4. The van der Waals surface area contributed by atoms with Gasteiger partial charge in [-0.2, -0.15) is 277 Å². The number of amides is 2. The van der Waals surface area contributed by atoms with Crippen LogP contribution >= 0.6 is 0 Å². The molecular weight excluding hydrogens is 2010 g/mol. The summed E-state index contributed by atoms with van der Waals surface area (Å²) in [7, 11) is -8.45. The van der Waals surface area contributed by atoms with Crippen molar-refractivity contribution in [3.63, 3.8) is 0 Å². The van der Waals surface area contributed by atoms with Crippen LogP contribution in [-0.4, -0.2) is 222 Å². The van der Waals surface area contributed by atoms with Gasteiger partial charge >= 0.3 is 178 Å². The van der Waals surface area contributed by atoms with Crippen molar-refractivity contribution in [2.45, 2.75) is 305 Å². The second kappa shape index (κ2) is 33.8. The Hall–Kier alpha value is -6.03. The van der Waals surface area contributed by atoms with Crippen molar-refractivity contribution in [2.75, 3.05) is 6.54 Å². The highest BCUT2D eigenvalue weighted by molar-refractivity contribution is 6.92. The van der Waals surface area contributed by atoms with Gasteiger partial charge in [0.2, 0.25) is 5.91 Å². The van der Waals surface area contributed by atoms with Gasteiger partial charge in [-0.25, -0.2) is 0 Å². The normalized spacial score (nSPS) is 18.1. The molecule has 2 fully saturated rings. The van der Waals surface area contributed by atoms with Gasteiger partial charge in [-0.1, -0.05) is 62.8 Å². The Morgan fingerprint density at radius 3 is 0.688 bits per heavy atom. The highest BCUT2D eigenvalue weighted by atomic mass is 28.3. The molecule has 1 aromatic carbocycles. The number of nitrogens with zero attached hydrogens (tertiary/aromatic N) is 1. The molecule has 4 nitrogen and oxygen atoms in total. The van der Waals surface area contributed by atoms with Crippen LogP contribution in [0.15, 0.2) is 24.3 Å². The quantitative estimate of drug-likeness (QED) is 0.0525. The average molecular weight is 2050 g/mol. The van der Waals surface area contributed by atoms with Crippen molar-refractivity contribution in [1.29, 1.82) is 0 Å². The van der Waals surface area contributed by atoms with Crippen LogP contribution in [0.5, 0.6) is 0 Å². The van der Waals surface area contributed by atoms with Crippen molar-refractivity contribution < 1.29 is 286 Å². The minimum atomic E-state index is -10.3. The fraction of sp³-hybridized carbons (Fsp3) is 0.867. The fourth-order valence-electron chi connectivity index (χ4n) is 12.6. The van der Waals surface area contributed by atoms with Gasteiger partial charge in [-0.3, -0.25) is 9.59 Å². The highest BCUT2D eigenvalue weighted by Crippen LogP contribution is 2.72. The first-order chi connectivity index (χ1) is 55.7. The summed E-state index contributed by atoms with van der Waals surface area (Å²) in [4.78, 5) is 29.2. The number of benzene rings is 1. The van der Waals surface area contributed by atoms with E-state index in [2.05, 4.69) is 5.32 Å². The molecule has 0 aliphatic heterocycles. The van der Waals surface area contributed by atoms with Crippen LogP contribution in [0.25, 0.3) is 0 Å². The van der Waals surface area contributed by atoms with E-state index in [0.29, 0.717) is 24.2 Å². The van der Waals surface area contributed by atoms with E-state index in [0.717, 1.165) is 6.92 Å². The summed E-state index contributed by atoms with van der Waals surface area (Å²) in [5.41, 5.74) is -1.61. The van der Waals surface area contributed by atoms with Gasteiger partial charge in [0.1, 0.15) is 6.04 Å². The zero-order chi connectivity index (χ0) is 102. The fourth-order valence-corrected chi connectivity index (χ4v) is 17.4. The first kappa shape index (κ1) is 116. The number of alkyl halides is 63. The Balaban J connectivity index is 2.82. The Morgan fingerprint density at radius 1 is 0.289 bits per heavy atom. The lowest BCUT2D eigenvalue weighted by atomic mass is 9.82. The van der Waals surface area contributed by atoms with Crippen LogP contribution in [0.3, 0.4) is 0 Å². The molecule has 1 atom stereocenters. The topological polar surface area (TPSA) is 49.4 Å². The summed E-state index contributed by atoms with van der Waals surface area (Å²) in [5.74, 6) is -269. The molecule has 1 aromatic rings. The number of carbonyl (C=O) groups is 2. The van der Waals surface area contributed by atoms with E-state index < -0.39 is 302 Å². The van der Waals surface area contributed by atoms with Crippen LogP contribution < -0.4 is 10.5 Å². The molecule has 1 N–H and O–H groups in total. The number of halogens is 63. The molecule has 0 heterocycles. The molecular formula is C60H47F63N2O2Si. The van der Waals surface area contributed by atoms with Gasteiger partial charge < -0.3 is 10.2 Å². The maximum absolute atomic E-state index is 16.2. The largest absolute Gasteiger partial charge is 0.460 e. The Morgan fingerprint density at radius 2 is 0.484 bits per heavy atom. The van der Waals surface area contributed by atoms with Crippen molar-refractivity contribution >= 4 is 25.1 Å². The lowest BCUT2D eigenvalue weighted by Gasteiger charge is -2.45. The molecule has 2 saturated carbocycles. The molecule has 0 aromatic heterocycles. The van der Waals surface area contributed by atoms with E-state index in [9.17, 15) is 181 Å². The highest BCUT2D eigenvalue weighted by Gasteiger charge is 3.02. The molecule has 2 aliphatic carbocycles. The molecule has 0 spiro atoms. The van der Waals surface area contributed by atoms with Crippen LogP contribution in [0.4, 0.5) is 277 Å². The van der Waals surface area contributed by atoms with Crippen molar-refractivity contribution in [3.8, 4) is 0 Å². The second-order valence-corrected chi connectivity index (χ2v) is 33.6. The number of carbonyl (C=O) groups excluding carboxylic acids is 2. The minimum absolute atomic E-state index is 0.0668. The van der Waals surface area contributed by atoms with Gasteiger partial charge in [-0.15, -0.1) is 0 Å². The lowest BCUT2D eigenvalue weighted by Crippen LogP contribution is -2.77. The SMILES string of the molecule is CCCN(C(=O)c1ccc([Si](CCC(F)(F)C(F)(F)C(F)(F)C(F)(F)C(F)(F)C(F)(F)C(F)(F)C(F)(F)C(F)(F)C(F)(F)F)(CCC(F)(F)C(F)(F)C(F)(F)C(F)(F)C(F)(F)C(F)(F)C(F)(F)C(F)(F)C(F)(F)C(F)(F)F)CCC(F)(F)C(F)(F)C(F)(F)C(F)(F)C(F)(F)C(F)(F)C(F)(F)C(F)(F)C(F)(F)C(F)(F)F)cc1)C(C(=O)NC1CCCCC1)C1CCCCC1. The van der Waals surface area contributed by atoms with E-state index in [4.69, 9.17) is 0 Å². The molecule has 3 rings (SSSR count). The van der Waals surface area contributed by atoms with E-state index in [-0.39, 0.29) is 44.9 Å². The van der Waals surface area contributed by atoms with Gasteiger partial charge in [-0.05, 0) is 68.3 Å². The van der Waals surface area contributed by atoms with E-state index in [1.54, 1.807) is 0 Å². The summed E-state index contributed by atoms with van der Waals surface area (Å²) in [5, 5.41) is -0.320. The zero-order valence-electron chi connectivity index (χ0n) is 60.8. The second-order valence-electron chi connectivity index (χ2n) is 28.9. The van der Waals surface area contributed by atoms with Crippen LogP contribution in [-0.2, 0) is 4.79 Å². The molecule has 68 heteroatoms. The van der Waals surface area contributed by atoms with Crippen molar-refractivity contribution in [1.82, 2.24) is 10.2 Å². The summed E-state index contributed by atoms with van der Waals surface area (Å²) in [6.45, 7) is 0.104. The van der Waals surface area contributed by atoms with Gasteiger partial charge in [0.25, 0.3) is 5.91 Å². The van der Waals surface area contributed by atoms with Gasteiger partial charge in [0.05, 0.1) is 8.07 Å². The molecule has 2 amide bonds. The molecule has 2 aliphatic rings. The third-order valence-electron chi connectivity index (χ3n) is 20.6. The van der Waals surface area contributed by atoms with Gasteiger partial charge in [0, 0.05) is 37.4 Å². The van der Waals surface area contributed by atoms with Crippen molar-refractivity contribution in [3.05, 3.63) is 29.8 Å². The molecule has 0 saturated heterocycles. The van der Waals surface area contributed by atoms with Crippen LogP contribution in [0, 0.1) is 5.92 Å². The molecule has 754 valence electrons. The monoisotopic (exact) mass is 2050 g/mol. The molecule has 0 bridgehead atoms. The molecule has 1 unspecified atom stereocenters. The van der Waals surface area contributed by atoms with Gasteiger partial charge in [0.15, 0.2) is 0 Å². The van der Waals surface area contributed by atoms with E-state index >= 15 is 105 Å².